The number of nitrogens with zero attached hydrogens (tertiary/aromatic N) is 2. The van der Waals surface area contributed by atoms with Crippen molar-refractivity contribution in [1.29, 1.82) is 0 Å². The number of benzene rings is 1. The van der Waals surface area contributed by atoms with Gasteiger partial charge in [-0.25, -0.2) is 0 Å². The average Bonchev–Trinajstić information content (AvgIpc) is 3.05. The molecule has 2 aromatic rings. The molecular weight excluding hydrogens is 250 g/mol. The SMILES string of the molecule is Cc1nn(Cc2ccccc2)c(C)c1OC1CCNC1. The number of ether oxygens (including phenoxy) is 1. The summed E-state index contributed by atoms with van der Waals surface area (Å²) >= 11 is 0. The number of hydrogen-bond donors (Lipinski definition) is 1. The van der Waals surface area contributed by atoms with Crippen molar-refractivity contribution in [2.75, 3.05) is 13.1 Å². The highest BCUT2D eigenvalue weighted by atomic mass is 16.5. The minimum Gasteiger partial charge on any atom is -0.485 e. The molecule has 4 heteroatoms. The Labute approximate surface area is 119 Å². The molecule has 1 fully saturated rings. The zero-order valence-electron chi connectivity index (χ0n) is 12.1. The lowest BCUT2D eigenvalue weighted by Crippen LogP contribution is -2.20. The third-order valence-corrected chi connectivity index (χ3v) is 3.79. The number of nitrogens with one attached hydrogen (secondary N) is 1. The molecule has 106 valence electrons. The van der Waals surface area contributed by atoms with Crippen LogP contribution in [0.1, 0.15) is 23.4 Å². The lowest BCUT2D eigenvalue weighted by atomic mass is 10.2. The Morgan fingerprint density at radius 1 is 1.30 bits per heavy atom. The van der Waals surface area contributed by atoms with Crippen LogP contribution in [0.4, 0.5) is 0 Å². The maximum absolute atomic E-state index is 6.11. The fourth-order valence-electron chi connectivity index (χ4n) is 2.66. The van der Waals surface area contributed by atoms with Gasteiger partial charge in [-0.1, -0.05) is 30.3 Å². The van der Waals surface area contributed by atoms with E-state index in [0.717, 1.165) is 43.2 Å². The van der Waals surface area contributed by atoms with Crippen molar-refractivity contribution in [1.82, 2.24) is 15.1 Å². The first kappa shape index (κ1) is 13.2. The largest absolute Gasteiger partial charge is 0.485 e. The van der Waals surface area contributed by atoms with Crippen molar-refractivity contribution in [3.05, 3.63) is 47.3 Å². The Bertz CT molecular complexity index is 571. The standard InChI is InChI=1S/C16H21N3O/c1-12-16(20-15-8-9-17-10-15)13(2)19(18-12)11-14-6-4-3-5-7-14/h3-7,15,17H,8-11H2,1-2H3. The minimum absolute atomic E-state index is 0.279. The summed E-state index contributed by atoms with van der Waals surface area (Å²) in [5, 5.41) is 7.94. The Morgan fingerprint density at radius 2 is 2.10 bits per heavy atom. The maximum atomic E-state index is 6.11. The summed E-state index contributed by atoms with van der Waals surface area (Å²) < 4.78 is 8.14. The molecule has 0 aliphatic carbocycles. The van der Waals surface area contributed by atoms with E-state index in [1.165, 1.54) is 5.56 Å². The average molecular weight is 271 g/mol. The Morgan fingerprint density at radius 3 is 2.80 bits per heavy atom. The van der Waals surface area contributed by atoms with Crippen molar-refractivity contribution in [3.63, 3.8) is 0 Å². The number of rotatable bonds is 4. The predicted molar refractivity (Wildman–Crippen MR) is 79.1 cm³/mol. The van der Waals surface area contributed by atoms with Gasteiger partial charge in [0.15, 0.2) is 5.75 Å². The van der Waals surface area contributed by atoms with Gasteiger partial charge < -0.3 is 10.1 Å². The lowest BCUT2D eigenvalue weighted by Gasteiger charge is -2.12. The van der Waals surface area contributed by atoms with Crippen LogP contribution in [0.15, 0.2) is 30.3 Å². The van der Waals surface area contributed by atoms with Gasteiger partial charge in [0.25, 0.3) is 0 Å². The molecule has 0 amide bonds. The molecule has 1 atom stereocenters. The molecule has 3 rings (SSSR count). The topological polar surface area (TPSA) is 39.1 Å². The van der Waals surface area contributed by atoms with Crippen molar-refractivity contribution < 1.29 is 4.74 Å². The first-order chi connectivity index (χ1) is 9.74. The quantitative estimate of drug-likeness (QED) is 0.927. The van der Waals surface area contributed by atoms with Crippen LogP contribution >= 0.6 is 0 Å². The zero-order valence-corrected chi connectivity index (χ0v) is 12.1. The molecule has 0 radical (unpaired) electrons. The van der Waals surface area contributed by atoms with Crippen LogP contribution in [-0.2, 0) is 6.54 Å². The van der Waals surface area contributed by atoms with Crippen LogP contribution < -0.4 is 10.1 Å². The zero-order chi connectivity index (χ0) is 13.9. The lowest BCUT2D eigenvalue weighted by molar-refractivity contribution is 0.220. The summed E-state index contributed by atoms with van der Waals surface area (Å²) in [6, 6.07) is 10.4. The van der Waals surface area contributed by atoms with Crippen LogP contribution in [0.2, 0.25) is 0 Å². The van der Waals surface area contributed by atoms with E-state index in [-0.39, 0.29) is 6.10 Å². The molecular formula is C16H21N3O. The van der Waals surface area contributed by atoms with Gasteiger partial charge in [0.2, 0.25) is 0 Å². The van der Waals surface area contributed by atoms with Crippen LogP contribution in [-0.4, -0.2) is 29.0 Å². The third-order valence-electron chi connectivity index (χ3n) is 3.79. The molecule has 0 spiro atoms. The second-order valence-corrected chi connectivity index (χ2v) is 5.38. The highest BCUT2D eigenvalue weighted by Gasteiger charge is 2.20. The number of aryl methyl sites for hydroxylation is 1. The fourth-order valence-corrected chi connectivity index (χ4v) is 2.66. The van der Waals surface area contributed by atoms with E-state index in [4.69, 9.17) is 4.74 Å². The Kier molecular flexibility index (Phi) is 3.74. The molecule has 1 aliphatic rings. The first-order valence-corrected chi connectivity index (χ1v) is 7.19. The second-order valence-electron chi connectivity index (χ2n) is 5.38. The van der Waals surface area contributed by atoms with Crippen molar-refractivity contribution in [2.45, 2.75) is 32.9 Å². The molecule has 4 nitrogen and oxygen atoms in total. The molecule has 0 saturated carbocycles. The van der Waals surface area contributed by atoms with E-state index in [0.29, 0.717) is 0 Å². The van der Waals surface area contributed by atoms with E-state index in [9.17, 15) is 0 Å². The van der Waals surface area contributed by atoms with Crippen LogP contribution in [0.25, 0.3) is 0 Å². The number of hydrogen-bond acceptors (Lipinski definition) is 3. The highest BCUT2D eigenvalue weighted by molar-refractivity contribution is 5.33. The normalized spacial score (nSPS) is 18.4. The van der Waals surface area contributed by atoms with Crippen LogP contribution in [0.3, 0.4) is 0 Å². The third kappa shape index (κ3) is 2.70. The Hall–Kier alpha value is -1.81. The summed E-state index contributed by atoms with van der Waals surface area (Å²) in [5.41, 5.74) is 3.34. The minimum atomic E-state index is 0.279. The highest BCUT2D eigenvalue weighted by Crippen LogP contribution is 2.25. The van der Waals surface area contributed by atoms with E-state index in [2.05, 4.69) is 41.6 Å². The van der Waals surface area contributed by atoms with Crippen molar-refractivity contribution >= 4 is 0 Å². The summed E-state index contributed by atoms with van der Waals surface area (Å²) in [6.45, 7) is 6.87. The van der Waals surface area contributed by atoms with Gasteiger partial charge in [-0.2, -0.15) is 5.10 Å². The van der Waals surface area contributed by atoms with E-state index < -0.39 is 0 Å². The van der Waals surface area contributed by atoms with Crippen molar-refractivity contribution in [3.8, 4) is 5.75 Å². The summed E-state index contributed by atoms with van der Waals surface area (Å²) in [4.78, 5) is 0. The van der Waals surface area contributed by atoms with Crippen LogP contribution in [0.5, 0.6) is 5.75 Å². The fraction of sp³-hybridized carbons (Fsp3) is 0.438. The summed E-state index contributed by atoms with van der Waals surface area (Å²) in [7, 11) is 0. The van der Waals surface area contributed by atoms with Gasteiger partial charge >= 0.3 is 0 Å². The van der Waals surface area contributed by atoms with Gasteiger partial charge in [-0.05, 0) is 32.4 Å². The molecule has 1 N–H and O–H groups in total. The van der Waals surface area contributed by atoms with E-state index in [1.54, 1.807) is 0 Å². The monoisotopic (exact) mass is 271 g/mol. The molecule has 1 unspecified atom stereocenters. The molecule has 20 heavy (non-hydrogen) atoms. The van der Waals surface area contributed by atoms with E-state index >= 15 is 0 Å². The Balaban J connectivity index is 1.79. The predicted octanol–water partition coefficient (Wildman–Crippen LogP) is 2.29. The molecule has 1 saturated heterocycles. The summed E-state index contributed by atoms with van der Waals surface area (Å²) in [5.74, 6) is 0.953. The molecule has 1 aromatic carbocycles. The molecule has 1 aliphatic heterocycles. The van der Waals surface area contributed by atoms with Gasteiger partial charge in [0.05, 0.1) is 12.2 Å². The molecule has 0 bridgehead atoms. The van der Waals surface area contributed by atoms with Gasteiger partial charge in [-0.3, -0.25) is 4.68 Å². The van der Waals surface area contributed by atoms with Crippen molar-refractivity contribution in [2.24, 2.45) is 0 Å². The van der Waals surface area contributed by atoms with E-state index in [1.807, 2.05) is 17.7 Å². The van der Waals surface area contributed by atoms with Crippen LogP contribution in [0, 0.1) is 13.8 Å². The smallest absolute Gasteiger partial charge is 0.163 e. The molecule has 2 heterocycles. The maximum Gasteiger partial charge on any atom is 0.163 e. The molecule has 1 aromatic heterocycles. The van der Waals surface area contributed by atoms with Gasteiger partial charge in [0, 0.05) is 6.54 Å². The second kappa shape index (κ2) is 5.67. The number of aromatic nitrogens is 2. The summed E-state index contributed by atoms with van der Waals surface area (Å²) in [6.07, 6.45) is 1.35. The van der Waals surface area contributed by atoms with Gasteiger partial charge in [0.1, 0.15) is 11.8 Å². The first-order valence-electron chi connectivity index (χ1n) is 7.19. The van der Waals surface area contributed by atoms with Gasteiger partial charge in [-0.15, -0.1) is 0 Å².